The van der Waals surface area contributed by atoms with E-state index in [9.17, 15) is 13.2 Å². The number of amides is 1. The third-order valence-electron chi connectivity index (χ3n) is 6.35. The number of hydrazone groups is 1. The van der Waals surface area contributed by atoms with Crippen LogP contribution in [0.15, 0.2) is 99.4 Å². The molecule has 1 amide bonds. The Kier molecular flexibility index (Phi) is 10.3. The molecule has 0 radical (unpaired) electrons. The van der Waals surface area contributed by atoms with Gasteiger partial charge in [-0.15, -0.1) is 0 Å². The Bertz CT molecular complexity index is 1700. The van der Waals surface area contributed by atoms with Crippen molar-refractivity contribution in [2.45, 2.75) is 25.3 Å². The van der Waals surface area contributed by atoms with Crippen LogP contribution in [0.25, 0.3) is 0 Å². The number of nitrogens with zero attached hydrogens (tertiary/aromatic N) is 2. The summed E-state index contributed by atoms with van der Waals surface area (Å²) in [5.41, 5.74) is 6.27. The fourth-order valence-electron chi connectivity index (χ4n) is 3.95. The first-order chi connectivity index (χ1) is 20.1. The maximum atomic E-state index is 13.5. The first kappa shape index (κ1) is 31.1. The van der Waals surface area contributed by atoms with Gasteiger partial charge in [0.25, 0.3) is 15.9 Å². The Morgan fingerprint density at radius 2 is 1.71 bits per heavy atom. The Labute approximate surface area is 259 Å². The third-order valence-corrected chi connectivity index (χ3v) is 8.98. The quantitative estimate of drug-likeness (QED) is 0.142. The molecule has 0 aromatic heterocycles. The number of anilines is 1. The lowest BCUT2D eigenvalue weighted by Crippen LogP contribution is -2.39. The molecule has 0 unspecified atom stereocenters. The molecule has 42 heavy (non-hydrogen) atoms. The molecule has 0 fully saturated rings. The van der Waals surface area contributed by atoms with Crippen LogP contribution in [-0.4, -0.2) is 34.2 Å². The van der Waals surface area contributed by atoms with Crippen molar-refractivity contribution in [1.82, 2.24) is 5.43 Å². The number of ether oxygens (including phenoxy) is 2. The normalized spacial score (nSPS) is 11.4. The van der Waals surface area contributed by atoms with E-state index in [0.717, 1.165) is 21.0 Å². The number of rotatable bonds is 11. The summed E-state index contributed by atoms with van der Waals surface area (Å²) in [4.78, 5) is 13.0. The van der Waals surface area contributed by atoms with Gasteiger partial charge in [0.15, 0.2) is 11.5 Å². The number of aryl methyl sites for hydroxylation is 2. The zero-order chi connectivity index (χ0) is 30.3. The van der Waals surface area contributed by atoms with Gasteiger partial charge < -0.3 is 9.47 Å². The van der Waals surface area contributed by atoms with Crippen molar-refractivity contribution in [1.29, 1.82) is 0 Å². The molecule has 0 spiro atoms. The standard InChI is InChI=1S/C31H29BrClN3O5S/c1-21-9-14-26(15-22(21)2)36(42(38,39)27-7-5-4-6-8-27)19-30(37)35-34-18-24-16-28(32)31(29(17-24)40-3)41-20-23-10-12-25(33)13-11-23/h4-18H,19-20H2,1-3H3,(H,35,37)/b34-18-. The van der Waals surface area contributed by atoms with Gasteiger partial charge in [-0.05, 0) is 101 Å². The second-order valence-electron chi connectivity index (χ2n) is 9.34. The molecule has 1 N–H and O–H groups in total. The number of halogens is 2. The van der Waals surface area contributed by atoms with Crippen molar-refractivity contribution in [2.75, 3.05) is 18.0 Å². The Balaban J connectivity index is 1.49. The highest BCUT2D eigenvalue weighted by molar-refractivity contribution is 9.10. The SMILES string of the molecule is COc1cc(/C=N\NC(=O)CN(c2ccc(C)c(C)c2)S(=O)(=O)c2ccccc2)cc(Br)c1OCc1ccc(Cl)cc1. The summed E-state index contributed by atoms with van der Waals surface area (Å²) in [7, 11) is -2.50. The Hall–Kier alpha value is -3.86. The lowest BCUT2D eigenvalue weighted by molar-refractivity contribution is -0.119. The number of hydrogen-bond acceptors (Lipinski definition) is 6. The van der Waals surface area contributed by atoms with E-state index < -0.39 is 22.5 Å². The van der Waals surface area contributed by atoms with Crippen molar-refractivity contribution in [3.05, 3.63) is 117 Å². The van der Waals surface area contributed by atoms with Crippen molar-refractivity contribution < 1.29 is 22.7 Å². The van der Waals surface area contributed by atoms with E-state index in [1.807, 2.05) is 32.0 Å². The lowest BCUT2D eigenvalue weighted by Gasteiger charge is -2.24. The van der Waals surface area contributed by atoms with Crippen LogP contribution in [0.4, 0.5) is 5.69 Å². The van der Waals surface area contributed by atoms with Crippen LogP contribution in [-0.2, 0) is 21.4 Å². The van der Waals surface area contributed by atoms with Crippen LogP contribution in [0.3, 0.4) is 0 Å². The summed E-state index contributed by atoms with van der Waals surface area (Å²) in [6.07, 6.45) is 1.43. The monoisotopic (exact) mass is 669 g/mol. The summed E-state index contributed by atoms with van der Waals surface area (Å²) in [5.74, 6) is 0.350. The molecule has 0 heterocycles. The van der Waals surface area contributed by atoms with E-state index in [1.165, 1.54) is 25.5 Å². The fourth-order valence-corrected chi connectivity index (χ4v) is 6.08. The highest BCUT2D eigenvalue weighted by atomic mass is 79.9. The van der Waals surface area contributed by atoms with Gasteiger partial charge in [0.05, 0.1) is 28.4 Å². The molecule has 218 valence electrons. The first-order valence-corrected chi connectivity index (χ1v) is 15.4. The van der Waals surface area contributed by atoms with E-state index in [-0.39, 0.29) is 4.90 Å². The van der Waals surface area contributed by atoms with Gasteiger partial charge in [-0.2, -0.15) is 5.10 Å². The second-order valence-corrected chi connectivity index (χ2v) is 12.5. The third kappa shape index (κ3) is 7.70. The van der Waals surface area contributed by atoms with Crippen LogP contribution < -0.4 is 19.2 Å². The molecule has 0 bridgehead atoms. The molecule has 0 saturated heterocycles. The van der Waals surface area contributed by atoms with Gasteiger partial charge in [0.1, 0.15) is 13.2 Å². The highest BCUT2D eigenvalue weighted by Crippen LogP contribution is 2.37. The lowest BCUT2D eigenvalue weighted by atomic mass is 10.1. The predicted octanol–water partition coefficient (Wildman–Crippen LogP) is 6.65. The summed E-state index contributed by atoms with van der Waals surface area (Å²) in [6, 6.07) is 24.0. The topological polar surface area (TPSA) is 97.3 Å². The number of carbonyl (C=O) groups is 1. The molecule has 4 aromatic rings. The summed E-state index contributed by atoms with van der Waals surface area (Å²) < 4.78 is 40.2. The molecule has 8 nitrogen and oxygen atoms in total. The molecule has 11 heteroatoms. The van der Waals surface area contributed by atoms with Crippen LogP contribution in [0.2, 0.25) is 5.02 Å². The minimum Gasteiger partial charge on any atom is -0.493 e. The number of carbonyl (C=O) groups excluding carboxylic acids is 1. The molecule has 4 aromatic carbocycles. The number of methoxy groups -OCH3 is 1. The van der Waals surface area contributed by atoms with E-state index in [1.54, 1.807) is 54.6 Å². The van der Waals surface area contributed by atoms with Gasteiger partial charge >= 0.3 is 0 Å². The van der Waals surface area contributed by atoms with E-state index >= 15 is 0 Å². The summed E-state index contributed by atoms with van der Waals surface area (Å²) >= 11 is 9.46. The number of hydrogen-bond donors (Lipinski definition) is 1. The molecule has 0 saturated carbocycles. The average molecular weight is 671 g/mol. The minimum absolute atomic E-state index is 0.0786. The molecule has 0 aliphatic carbocycles. The maximum absolute atomic E-state index is 13.5. The summed E-state index contributed by atoms with van der Waals surface area (Å²) in [5, 5.41) is 4.69. The average Bonchev–Trinajstić information content (AvgIpc) is 2.98. The Morgan fingerprint density at radius 1 is 1.00 bits per heavy atom. The molecule has 0 atom stereocenters. The fraction of sp³-hybridized carbons (Fsp3) is 0.161. The molecular weight excluding hydrogens is 642 g/mol. The van der Waals surface area contributed by atoms with Gasteiger partial charge in [-0.3, -0.25) is 9.10 Å². The van der Waals surface area contributed by atoms with Crippen LogP contribution in [0.1, 0.15) is 22.3 Å². The molecule has 4 rings (SSSR count). The largest absolute Gasteiger partial charge is 0.493 e. The van der Waals surface area contributed by atoms with Crippen LogP contribution in [0, 0.1) is 13.8 Å². The van der Waals surface area contributed by atoms with Crippen LogP contribution >= 0.6 is 27.5 Å². The van der Waals surface area contributed by atoms with E-state index in [4.69, 9.17) is 21.1 Å². The maximum Gasteiger partial charge on any atom is 0.264 e. The number of benzene rings is 4. The molecular formula is C31H29BrClN3O5S. The van der Waals surface area contributed by atoms with Crippen molar-refractivity contribution >= 4 is 55.4 Å². The zero-order valence-electron chi connectivity index (χ0n) is 23.2. The first-order valence-electron chi connectivity index (χ1n) is 12.8. The predicted molar refractivity (Wildman–Crippen MR) is 169 cm³/mol. The van der Waals surface area contributed by atoms with E-state index in [0.29, 0.717) is 38.9 Å². The van der Waals surface area contributed by atoms with E-state index in [2.05, 4.69) is 26.5 Å². The second kappa shape index (κ2) is 13.9. The van der Waals surface area contributed by atoms with Gasteiger partial charge in [0, 0.05) is 5.02 Å². The van der Waals surface area contributed by atoms with Gasteiger partial charge in [-0.1, -0.05) is 48.0 Å². The minimum atomic E-state index is -4.03. The van der Waals surface area contributed by atoms with Gasteiger partial charge in [-0.25, -0.2) is 13.8 Å². The molecule has 0 aliphatic heterocycles. The zero-order valence-corrected chi connectivity index (χ0v) is 26.3. The highest BCUT2D eigenvalue weighted by Gasteiger charge is 2.27. The number of nitrogens with one attached hydrogen (secondary N) is 1. The Morgan fingerprint density at radius 3 is 2.38 bits per heavy atom. The van der Waals surface area contributed by atoms with Gasteiger partial charge in [0.2, 0.25) is 0 Å². The smallest absolute Gasteiger partial charge is 0.264 e. The van der Waals surface area contributed by atoms with Crippen molar-refractivity contribution in [3.63, 3.8) is 0 Å². The van der Waals surface area contributed by atoms with Crippen molar-refractivity contribution in [2.24, 2.45) is 5.10 Å². The van der Waals surface area contributed by atoms with Crippen LogP contribution in [0.5, 0.6) is 11.5 Å². The summed E-state index contributed by atoms with van der Waals surface area (Å²) in [6.45, 7) is 3.65. The molecule has 0 aliphatic rings. The number of sulfonamides is 1. The van der Waals surface area contributed by atoms with Crippen molar-refractivity contribution in [3.8, 4) is 11.5 Å².